The standard InChI is InChI=1S/C19H24N6O/c1-5-13-14(6-2)22-16-10-12(8-9-15(16)21-13)19(26)20-11(4)18-23-17(7-3)24-25-18/h8-11H,5-7H2,1-4H3,(H,20,26)(H,23,24,25). The summed E-state index contributed by atoms with van der Waals surface area (Å²) >= 11 is 0. The average Bonchev–Trinajstić information content (AvgIpc) is 3.15. The van der Waals surface area contributed by atoms with Gasteiger partial charge in [0.15, 0.2) is 5.82 Å². The molecular weight excluding hydrogens is 328 g/mol. The maximum Gasteiger partial charge on any atom is 0.251 e. The summed E-state index contributed by atoms with van der Waals surface area (Å²) in [4.78, 5) is 26.3. The molecule has 7 nitrogen and oxygen atoms in total. The van der Waals surface area contributed by atoms with Gasteiger partial charge in [-0.2, -0.15) is 5.10 Å². The average molecular weight is 352 g/mol. The normalized spacial score (nSPS) is 12.3. The van der Waals surface area contributed by atoms with Crippen molar-refractivity contribution in [2.75, 3.05) is 0 Å². The van der Waals surface area contributed by atoms with E-state index in [2.05, 4.69) is 44.3 Å². The van der Waals surface area contributed by atoms with Crippen molar-refractivity contribution in [3.8, 4) is 0 Å². The Bertz CT molecular complexity index is 933. The lowest BCUT2D eigenvalue weighted by Crippen LogP contribution is -2.27. The number of aryl methyl sites for hydroxylation is 3. The molecule has 26 heavy (non-hydrogen) atoms. The van der Waals surface area contributed by atoms with Crippen molar-refractivity contribution in [3.05, 3.63) is 46.8 Å². The fourth-order valence-corrected chi connectivity index (χ4v) is 2.84. The first kappa shape index (κ1) is 18.0. The number of aromatic amines is 1. The molecule has 1 aromatic carbocycles. The second-order valence-corrected chi connectivity index (χ2v) is 6.22. The van der Waals surface area contributed by atoms with E-state index < -0.39 is 0 Å². The molecule has 0 radical (unpaired) electrons. The minimum absolute atomic E-state index is 0.179. The minimum atomic E-state index is -0.283. The van der Waals surface area contributed by atoms with Crippen molar-refractivity contribution in [2.24, 2.45) is 0 Å². The largest absolute Gasteiger partial charge is 0.342 e. The van der Waals surface area contributed by atoms with Crippen LogP contribution in [0.15, 0.2) is 18.2 Å². The predicted molar refractivity (Wildman–Crippen MR) is 99.9 cm³/mol. The number of nitrogens with one attached hydrogen (secondary N) is 2. The van der Waals surface area contributed by atoms with Crippen LogP contribution in [0.4, 0.5) is 0 Å². The van der Waals surface area contributed by atoms with E-state index >= 15 is 0 Å². The fraction of sp³-hybridized carbons (Fsp3) is 0.421. The number of amides is 1. The van der Waals surface area contributed by atoms with Crippen LogP contribution in [0.2, 0.25) is 0 Å². The third-order valence-electron chi connectivity index (χ3n) is 4.37. The summed E-state index contributed by atoms with van der Waals surface area (Å²) in [5.74, 6) is 1.21. The summed E-state index contributed by atoms with van der Waals surface area (Å²) < 4.78 is 0. The Balaban J connectivity index is 1.83. The first-order valence-electron chi connectivity index (χ1n) is 9.07. The summed E-state index contributed by atoms with van der Waals surface area (Å²) in [5, 5.41) is 9.95. The van der Waals surface area contributed by atoms with Crippen molar-refractivity contribution in [1.29, 1.82) is 0 Å². The molecule has 0 saturated heterocycles. The molecule has 0 bridgehead atoms. The van der Waals surface area contributed by atoms with Gasteiger partial charge in [-0.25, -0.2) is 15.0 Å². The number of H-pyrrole nitrogens is 1. The first-order valence-corrected chi connectivity index (χ1v) is 9.07. The summed E-state index contributed by atoms with van der Waals surface area (Å²) in [7, 11) is 0. The van der Waals surface area contributed by atoms with Crippen LogP contribution in [-0.4, -0.2) is 31.1 Å². The molecule has 1 amide bonds. The monoisotopic (exact) mass is 352 g/mol. The van der Waals surface area contributed by atoms with E-state index in [0.717, 1.165) is 47.5 Å². The summed E-state index contributed by atoms with van der Waals surface area (Å²) in [6.45, 7) is 8.00. The molecule has 0 aliphatic carbocycles. The zero-order valence-electron chi connectivity index (χ0n) is 15.6. The van der Waals surface area contributed by atoms with E-state index in [0.29, 0.717) is 11.4 Å². The highest BCUT2D eigenvalue weighted by Gasteiger charge is 2.16. The molecular formula is C19H24N6O. The number of benzene rings is 1. The quantitative estimate of drug-likeness (QED) is 0.711. The lowest BCUT2D eigenvalue weighted by atomic mass is 10.1. The van der Waals surface area contributed by atoms with Crippen LogP contribution in [0.25, 0.3) is 11.0 Å². The van der Waals surface area contributed by atoms with E-state index in [4.69, 9.17) is 0 Å². The Hall–Kier alpha value is -2.83. The number of hydrogen-bond acceptors (Lipinski definition) is 5. The summed E-state index contributed by atoms with van der Waals surface area (Å²) in [5.41, 5.74) is 4.10. The molecule has 2 N–H and O–H groups in total. The molecule has 0 aliphatic heterocycles. The van der Waals surface area contributed by atoms with Gasteiger partial charge in [0.25, 0.3) is 5.91 Å². The van der Waals surface area contributed by atoms with Gasteiger partial charge in [0, 0.05) is 12.0 Å². The van der Waals surface area contributed by atoms with Gasteiger partial charge in [-0.05, 0) is 38.0 Å². The molecule has 2 heterocycles. The highest BCUT2D eigenvalue weighted by Crippen LogP contribution is 2.17. The smallest absolute Gasteiger partial charge is 0.251 e. The van der Waals surface area contributed by atoms with Crippen LogP contribution < -0.4 is 5.32 Å². The molecule has 136 valence electrons. The number of fused-ring (bicyclic) bond motifs is 1. The predicted octanol–water partition coefficient (Wildman–Crippen LogP) is 2.93. The van der Waals surface area contributed by atoms with Crippen LogP contribution in [0.5, 0.6) is 0 Å². The molecule has 3 rings (SSSR count). The van der Waals surface area contributed by atoms with Gasteiger partial charge in [0.2, 0.25) is 0 Å². The second kappa shape index (κ2) is 7.59. The number of rotatable bonds is 6. The van der Waals surface area contributed by atoms with Gasteiger partial charge in [-0.1, -0.05) is 20.8 Å². The highest BCUT2D eigenvalue weighted by atomic mass is 16.1. The number of hydrogen-bond donors (Lipinski definition) is 2. The second-order valence-electron chi connectivity index (χ2n) is 6.22. The molecule has 3 aromatic rings. The van der Waals surface area contributed by atoms with Crippen LogP contribution in [-0.2, 0) is 19.3 Å². The van der Waals surface area contributed by atoms with E-state index in [9.17, 15) is 4.79 Å². The Morgan fingerprint density at radius 3 is 2.35 bits per heavy atom. The van der Waals surface area contributed by atoms with Crippen molar-refractivity contribution in [1.82, 2.24) is 30.5 Å². The van der Waals surface area contributed by atoms with Gasteiger partial charge in [0.1, 0.15) is 5.82 Å². The zero-order valence-corrected chi connectivity index (χ0v) is 15.6. The van der Waals surface area contributed by atoms with Crippen LogP contribution in [0, 0.1) is 0 Å². The van der Waals surface area contributed by atoms with Crippen molar-refractivity contribution < 1.29 is 4.79 Å². The maximum absolute atomic E-state index is 12.6. The van der Waals surface area contributed by atoms with Gasteiger partial charge in [0.05, 0.1) is 28.5 Å². The van der Waals surface area contributed by atoms with E-state index in [1.807, 2.05) is 19.9 Å². The topological polar surface area (TPSA) is 96.5 Å². The van der Waals surface area contributed by atoms with Crippen molar-refractivity contribution in [2.45, 2.75) is 53.0 Å². The Morgan fingerprint density at radius 1 is 1.04 bits per heavy atom. The molecule has 0 saturated carbocycles. The van der Waals surface area contributed by atoms with Crippen LogP contribution >= 0.6 is 0 Å². The lowest BCUT2D eigenvalue weighted by Gasteiger charge is -2.11. The van der Waals surface area contributed by atoms with Gasteiger partial charge < -0.3 is 5.32 Å². The third kappa shape index (κ3) is 3.56. The van der Waals surface area contributed by atoms with Crippen molar-refractivity contribution in [3.63, 3.8) is 0 Å². The van der Waals surface area contributed by atoms with Crippen molar-refractivity contribution >= 4 is 16.9 Å². The molecule has 0 fully saturated rings. The number of nitrogens with zero attached hydrogens (tertiary/aromatic N) is 4. The molecule has 7 heteroatoms. The molecule has 0 aliphatic rings. The van der Waals surface area contributed by atoms with Crippen LogP contribution in [0.3, 0.4) is 0 Å². The summed E-state index contributed by atoms with van der Waals surface area (Å²) in [6.07, 6.45) is 2.45. The van der Waals surface area contributed by atoms with E-state index in [-0.39, 0.29) is 11.9 Å². The molecule has 1 atom stereocenters. The molecule has 1 unspecified atom stereocenters. The number of aromatic nitrogens is 5. The Labute approximate surface area is 152 Å². The van der Waals surface area contributed by atoms with Crippen LogP contribution in [0.1, 0.15) is 67.1 Å². The van der Waals surface area contributed by atoms with Gasteiger partial charge in [-0.15, -0.1) is 0 Å². The third-order valence-corrected chi connectivity index (χ3v) is 4.37. The molecule has 0 spiro atoms. The first-order chi connectivity index (χ1) is 12.5. The lowest BCUT2D eigenvalue weighted by molar-refractivity contribution is 0.0938. The SMILES string of the molecule is CCc1nc(C(C)NC(=O)c2ccc3nc(CC)c(CC)nc3c2)n[nH]1. The van der Waals surface area contributed by atoms with E-state index in [1.54, 1.807) is 12.1 Å². The summed E-state index contributed by atoms with van der Waals surface area (Å²) in [6, 6.07) is 5.13. The zero-order chi connectivity index (χ0) is 18.7. The maximum atomic E-state index is 12.6. The minimum Gasteiger partial charge on any atom is -0.342 e. The number of carbonyl (C=O) groups excluding carboxylic acids is 1. The number of carbonyl (C=O) groups is 1. The van der Waals surface area contributed by atoms with E-state index in [1.165, 1.54) is 0 Å². The Morgan fingerprint density at radius 2 is 1.73 bits per heavy atom. The van der Waals surface area contributed by atoms with Gasteiger partial charge >= 0.3 is 0 Å². The fourth-order valence-electron chi connectivity index (χ4n) is 2.84. The Kier molecular flexibility index (Phi) is 5.25. The van der Waals surface area contributed by atoms with Gasteiger partial charge in [-0.3, -0.25) is 9.89 Å². The highest BCUT2D eigenvalue weighted by molar-refractivity contribution is 5.97. The molecule has 2 aromatic heterocycles.